The summed E-state index contributed by atoms with van der Waals surface area (Å²) >= 11 is 10.1. The van der Waals surface area contributed by atoms with Crippen molar-refractivity contribution < 1.29 is 0 Å². The monoisotopic (exact) mass is 341 g/mol. The summed E-state index contributed by atoms with van der Waals surface area (Å²) in [6.45, 7) is 0. The predicted octanol–water partition coefficient (Wildman–Crippen LogP) is 0.911. The van der Waals surface area contributed by atoms with Crippen LogP contribution in [0.25, 0.3) is 9.65 Å². The summed E-state index contributed by atoms with van der Waals surface area (Å²) in [4.78, 5) is 17.6. The van der Waals surface area contributed by atoms with Gasteiger partial charge in [0.05, 0.1) is 0 Å². The zero-order valence-corrected chi connectivity index (χ0v) is 12.4. The molecule has 0 saturated heterocycles. The van der Waals surface area contributed by atoms with E-state index in [-0.39, 0.29) is 20.3 Å². The third-order valence-electron chi connectivity index (χ3n) is 2.48. The average Bonchev–Trinajstić information content (AvgIpc) is 2.66. The maximum atomic E-state index is 12.2. The van der Waals surface area contributed by atoms with Crippen LogP contribution >= 0.6 is 24.4 Å². The summed E-state index contributed by atoms with van der Waals surface area (Å²) in [7, 11) is 0. The summed E-state index contributed by atoms with van der Waals surface area (Å²) in [5.74, 6) is 0.470. The fourth-order valence-corrected chi connectivity index (χ4v) is 4.23. The van der Waals surface area contributed by atoms with Crippen LogP contribution in [-0.2, 0) is 0 Å². The minimum absolute atomic E-state index is 0.0376. The van der Waals surface area contributed by atoms with Crippen molar-refractivity contribution >= 4 is 64.8 Å². The van der Waals surface area contributed by atoms with Crippen LogP contribution in [0.2, 0.25) is 0 Å². The van der Waals surface area contributed by atoms with Gasteiger partial charge in [0.25, 0.3) is 0 Å². The fourth-order valence-electron chi connectivity index (χ4n) is 1.70. The standard InChI is InChI=1S/C11H7N3OS2Se/c15-10-6-3-1-2-4-7(6)18-14(10)11-12-8(16)5-9(17)13-11/h1-4H,5H2,(H,12,13,16,17). The number of fused-ring (bicyclic) bond motifs is 1. The summed E-state index contributed by atoms with van der Waals surface area (Å²) < 4.78 is 2.69. The van der Waals surface area contributed by atoms with E-state index in [4.69, 9.17) is 24.4 Å². The fraction of sp³-hybridized carbons (Fsp3) is 0.0909. The normalized spacial score (nSPS) is 15.7. The van der Waals surface area contributed by atoms with Crippen molar-refractivity contribution in [2.45, 2.75) is 6.42 Å². The molecule has 0 bridgehead atoms. The van der Waals surface area contributed by atoms with Crippen LogP contribution in [0.5, 0.6) is 0 Å². The van der Waals surface area contributed by atoms with Crippen LogP contribution in [0.4, 0.5) is 0 Å². The molecular formula is C11H7N3OS2Se. The van der Waals surface area contributed by atoms with Gasteiger partial charge < -0.3 is 0 Å². The molecule has 90 valence electrons. The van der Waals surface area contributed by atoms with Crippen LogP contribution in [0.3, 0.4) is 0 Å². The van der Waals surface area contributed by atoms with Crippen molar-refractivity contribution in [3.05, 3.63) is 34.6 Å². The molecule has 1 aromatic carbocycles. The Morgan fingerprint density at radius 1 is 1.33 bits per heavy atom. The molecule has 18 heavy (non-hydrogen) atoms. The molecule has 1 aliphatic rings. The molecule has 0 atom stereocenters. The minimum atomic E-state index is -0.109. The van der Waals surface area contributed by atoms with Gasteiger partial charge >= 0.3 is 120 Å². The van der Waals surface area contributed by atoms with Crippen LogP contribution in [0.15, 0.2) is 34.1 Å². The Hall–Kier alpha value is -1.14. The van der Waals surface area contributed by atoms with E-state index in [0.717, 1.165) is 9.65 Å². The molecule has 1 N–H and O–H groups in total. The summed E-state index contributed by atoms with van der Waals surface area (Å²) in [5.41, 5.74) is -0.0376. The van der Waals surface area contributed by atoms with Crippen LogP contribution in [-0.4, -0.2) is 34.2 Å². The SMILES string of the molecule is O=c1c2ccccc2[se]n1C1=NC(=S)CC(=S)N1. The van der Waals surface area contributed by atoms with Gasteiger partial charge in [0, 0.05) is 0 Å². The summed E-state index contributed by atoms with van der Waals surface area (Å²) in [5, 5.41) is 3.71. The first-order chi connectivity index (χ1) is 8.65. The average molecular weight is 340 g/mol. The second-order valence-electron chi connectivity index (χ2n) is 3.74. The first-order valence-corrected chi connectivity index (χ1v) is 7.62. The van der Waals surface area contributed by atoms with E-state index in [9.17, 15) is 4.79 Å². The molecule has 0 amide bonds. The van der Waals surface area contributed by atoms with Gasteiger partial charge in [-0.15, -0.1) is 0 Å². The topological polar surface area (TPSA) is 46.4 Å². The predicted molar refractivity (Wildman–Crippen MR) is 80.9 cm³/mol. The Bertz CT molecular complexity index is 759. The molecule has 7 heteroatoms. The quantitative estimate of drug-likeness (QED) is 0.572. The van der Waals surface area contributed by atoms with Crippen LogP contribution < -0.4 is 10.9 Å². The molecule has 4 nitrogen and oxygen atoms in total. The molecule has 1 aliphatic heterocycles. The van der Waals surface area contributed by atoms with E-state index >= 15 is 0 Å². The molecule has 0 spiro atoms. The number of benzene rings is 1. The Morgan fingerprint density at radius 2 is 2.11 bits per heavy atom. The van der Waals surface area contributed by atoms with E-state index in [0.29, 0.717) is 22.4 Å². The molecule has 0 radical (unpaired) electrons. The Morgan fingerprint density at radius 3 is 2.83 bits per heavy atom. The number of thiocarbonyl (C=S) groups is 2. The molecule has 2 heterocycles. The van der Waals surface area contributed by atoms with Gasteiger partial charge in [-0.05, 0) is 0 Å². The first kappa shape index (κ1) is 11.9. The second-order valence-corrected chi connectivity index (χ2v) is 6.78. The van der Waals surface area contributed by atoms with E-state index in [1.165, 1.54) is 0 Å². The maximum absolute atomic E-state index is 12.2. The van der Waals surface area contributed by atoms with Gasteiger partial charge in [0.2, 0.25) is 0 Å². The molecule has 0 unspecified atom stereocenters. The third kappa shape index (κ3) is 1.99. The molecule has 0 saturated carbocycles. The number of aliphatic imine (C=N–C) groups is 1. The van der Waals surface area contributed by atoms with E-state index in [2.05, 4.69) is 10.3 Å². The Labute approximate surface area is 119 Å². The van der Waals surface area contributed by atoms with Crippen molar-refractivity contribution in [3.8, 4) is 0 Å². The third-order valence-corrected chi connectivity index (χ3v) is 5.21. The van der Waals surface area contributed by atoms with Gasteiger partial charge in [-0.2, -0.15) is 0 Å². The van der Waals surface area contributed by atoms with Gasteiger partial charge in [-0.3, -0.25) is 0 Å². The molecular weight excluding hydrogens is 333 g/mol. The number of aromatic nitrogens is 1. The van der Waals surface area contributed by atoms with E-state index in [1.807, 2.05) is 24.3 Å². The van der Waals surface area contributed by atoms with Crippen LogP contribution in [0.1, 0.15) is 6.42 Å². The number of nitrogens with one attached hydrogen (secondary N) is 1. The van der Waals surface area contributed by atoms with Crippen molar-refractivity contribution in [1.29, 1.82) is 0 Å². The van der Waals surface area contributed by atoms with Gasteiger partial charge in [0.15, 0.2) is 0 Å². The van der Waals surface area contributed by atoms with Gasteiger partial charge in [-0.1, -0.05) is 0 Å². The van der Waals surface area contributed by atoms with Gasteiger partial charge in [0.1, 0.15) is 0 Å². The number of hydrogen-bond acceptors (Lipinski definition) is 3. The number of nitrogens with zero attached hydrogens (tertiary/aromatic N) is 2. The van der Waals surface area contributed by atoms with Gasteiger partial charge in [-0.25, -0.2) is 0 Å². The van der Waals surface area contributed by atoms with Crippen molar-refractivity contribution in [3.63, 3.8) is 0 Å². The first-order valence-electron chi connectivity index (χ1n) is 5.18. The zero-order valence-electron chi connectivity index (χ0n) is 9.04. The summed E-state index contributed by atoms with van der Waals surface area (Å²) in [6, 6.07) is 7.59. The van der Waals surface area contributed by atoms with E-state index < -0.39 is 0 Å². The van der Waals surface area contributed by atoms with Crippen molar-refractivity contribution in [1.82, 2.24) is 8.88 Å². The number of hydrogen-bond donors (Lipinski definition) is 1. The Balaban J connectivity index is 2.21. The molecule has 2 aromatic rings. The summed E-state index contributed by atoms with van der Waals surface area (Å²) in [6.07, 6.45) is 0.482. The molecule has 0 aliphatic carbocycles. The zero-order chi connectivity index (χ0) is 12.7. The Kier molecular flexibility index (Phi) is 2.99. The van der Waals surface area contributed by atoms with Crippen molar-refractivity contribution in [2.24, 2.45) is 4.99 Å². The van der Waals surface area contributed by atoms with Crippen molar-refractivity contribution in [2.75, 3.05) is 0 Å². The second kappa shape index (κ2) is 4.51. The molecule has 3 rings (SSSR count). The van der Waals surface area contributed by atoms with Crippen LogP contribution in [0, 0.1) is 0 Å². The molecule has 0 fully saturated rings. The number of rotatable bonds is 0. The molecule has 1 aromatic heterocycles. The van der Waals surface area contributed by atoms with E-state index in [1.54, 1.807) is 3.56 Å².